The van der Waals surface area contributed by atoms with Gasteiger partial charge in [-0.1, -0.05) is 17.3 Å². The minimum atomic E-state index is -0.313. The zero-order valence-corrected chi connectivity index (χ0v) is 11.6. The van der Waals surface area contributed by atoms with Gasteiger partial charge < -0.3 is 14.6 Å². The SMILES string of the molecule is Cc1cc(CNC(=O)c2noc3c2COCC3)ccc1F. The largest absolute Gasteiger partial charge is 0.376 e. The first-order valence-corrected chi connectivity index (χ1v) is 6.73. The lowest BCUT2D eigenvalue weighted by molar-refractivity contribution is 0.0921. The maximum Gasteiger partial charge on any atom is 0.274 e. The Balaban J connectivity index is 1.69. The molecule has 1 amide bonds. The Hall–Kier alpha value is -2.21. The Bertz CT molecular complexity index is 682. The van der Waals surface area contributed by atoms with E-state index in [-0.39, 0.29) is 17.4 Å². The topological polar surface area (TPSA) is 64.4 Å². The van der Waals surface area contributed by atoms with E-state index in [1.54, 1.807) is 19.1 Å². The third kappa shape index (κ3) is 2.80. The highest BCUT2D eigenvalue weighted by Crippen LogP contribution is 2.20. The average Bonchev–Trinajstić information content (AvgIpc) is 2.92. The fourth-order valence-electron chi connectivity index (χ4n) is 2.29. The first-order valence-electron chi connectivity index (χ1n) is 6.73. The first-order chi connectivity index (χ1) is 10.1. The van der Waals surface area contributed by atoms with E-state index in [0.717, 1.165) is 5.56 Å². The van der Waals surface area contributed by atoms with E-state index in [0.29, 0.717) is 43.1 Å². The molecule has 0 fully saturated rings. The molecular weight excluding hydrogens is 275 g/mol. The molecule has 0 spiro atoms. The van der Waals surface area contributed by atoms with Gasteiger partial charge in [0.05, 0.1) is 18.8 Å². The highest BCUT2D eigenvalue weighted by atomic mass is 19.1. The molecule has 1 aromatic heterocycles. The Morgan fingerprint density at radius 2 is 2.33 bits per heavy atom. The van der Waals surface area contributed by atoms with E-state index in [2.05, 4.69) is 10.5 Å². The minimum absolute atomic E-state index is 0.257. The van der Waals surface area contributed by atoms with Gasteiger partial charge in [-0.15, -0.1) is 0 Å². The number of aryl methyl sites for hydroxylation is 1. The predicted octanol–water partition coefficient (Wildman–Crippen LogP) is 2.12. The summed E-state index contributed by atoms with van der Waals surface area (Å²) in [6.45, 7) is 2.92. The second kappa shape index (κ2) is 5.65. The van der Waals surface area contributed by atoms with E-state index < -0.39 is 0 Å². The van der Waals surface area contributed by atoms with Gasteiger partial charge in [0.1, 0.15) is 11.6 Å². The van der Waals surface area contributed by atoms with Gasteiger partial charge in [-0.05, 0) is 24.1 Å². The van der Waals surface area contributed by atoms with Gasteiger partial charge in [0.25, 0.3) is 5.91 Å². The van der Waals surface area contributed by atoms with Crippen molar-refractivity contribution in [2.75, 3.05) is 6.61 Å². The van der Waals surface area contributed by atoms with Crippen LogP contribution in [-0.2, 0) is 24.3 Å². The molecule has 6 heteroatoms. The molecular formula is C15H15FN2O3. The fraction of sp³-hybridized carbons (Fsp3) is 0.333. The van der Waals surface area contributed by atoms with Gasteiger partial charge in [-0.2, -0.15) is 0 Å². The number of hydrogen-bond donors (Lipinski definition) is 1. The van der Waals surface area contributed by atoms with Crippen LogP contribution in [0.2, 0.25) is 0 Å². The second-order valence-electron chi connectivity index (χ2n) is 5.00. The smallest absolute Gasteiger partial charge is 0.274 e. The van der Waals surface area contributed by atoms with E-state index in [1.807, 2.05) is 0 Å². The van der Waals surface area contributed by atoms with Crippen molar-refractivity contribution in [2.24, 2.45) is 0 Å². The molecule has 0 radical (unpaired) electrons. The lowest BCUT2D eigenvalue weighted by atomic mass is 10.1. The number of carbonyl (C=O) groups is 1. The maximum atomic E-state index is 13.2. The molecule has 1 aliphatic heterocycles. The Labute approximate surface area is 121 Å². The van der Waals surface area contributed by atoms with Crippen LogP contribution in [0.3, 0.4) is 0 Å². The number of carbonyl (C=O) groups excluding carboxylic acids is 1. The van der Waals surface area contributed by atoms with E-state index in [1.165, 1.54) is 6.07 Å². The van der Waals surface area contributed by atoms with E-state index in [9.17, 15) is 9.18 Å². The van der Waals surface area contributed by atoms with Crippen LogP contribution >= 0.6 is 0 Å². The highest BCUT2D eigenvalue weighted by molar-refractivity contribution is 5.93. The number of aromatic nitrogens is 1. The molecule has 3 rings (SSSR count). The standard InChI is InChI=1S/C15H15FN2O3/c1-9-6-10(2-3-12(9)16)7-17-15(19)14-11-8-20-5-4-13(11)21-18-14/h2-3,6H,4-5,7-8H2,1H3,(H,17,19). The number of amides is 1. The average molecular weight is 290 g/mol. The molecule has 0 saturated heterocycles. The number of fused-ring (bicyclic) bond motifs is 1. The molecule has 2 aromatic rings. The summed E-state index contributed by atoms with van der Waals surface area (Å²) in [5.41, 5.74) is 2.36. The molecule has 5 nitrogen and oxygen atoms in total. The number of hydrogen-bond acceptors (Lipinski definition) is 4. The predicted molar refractivity (Wildman–Crippen MR) is 72.2 cm³/mol. The summed E-state index contributed by atoms with van der Waals surface area (Å²) in [4.78, 5) is 12.1. The van der Waals surface area contributed by atoms with Crippen LogP contribution < -0.4 is 5.32 Å². The quantitative estimate of drug-likeness (QED) is 0.940. The summed E-state index contributed by atoms with van der Waals surface area (Å²) in [6.07, 6.45) is 0.632. The van der Waals surface area contributed by atoms with E-state index in [4.69, 9.17) is 9.26 Å². The van der Waals surface area contributed by atoms with Crippen LogP contribution in [0.4, 0.5) is 4.39 Å². The first kappa shape index (κ1) is 13.8. The molecule has 1 aliphatic rings. The lowest BCUT2D eigenvalue weighted by Gasteiger charge is -2.10. The van der Waals surface area contributed by atoms with E-state index >= 15 is 0 Å². The van der Waals surface area contributed by atoms with Crippen molar-refractivity contribution in [2.45, 2.75) is 26.5 Å². The molecule has 1 aromatic carbocycles. The Morgan fingerprint density at radius 1 is 1.48 bits per heavy atom. The molecule has 0 saturated carbocycles. The summed E-state index contributed by atoms with van der Waals surface area (Å²) in [5, 5.41) is 6.57. The lowest BCUT2D eigenvalue weighted by Crippen LogP contribution is -2.25. The van der Waals surface area contributed by atoms with Gasteiger partial charge in [0.2, 0.25) is 0 Å². The van der Waals surface area contributed by atoms with Gasteiger partial charge in [-0.25, -0.2) is 4.39 Å². The molecule has 0 unspecified atom stereocenters. The monoisotopic (exact) mass is 290 g/mol. The maximum absolute atomic E-state index is 13.2. The van der Waals surface area contributed by atoms with Crippen molar-refractivity contribution in [3.05, 3.63) is 52.2 Å². The number of ether oxygens (including phenoxy) is 1. The van der Waals surface area contributed by atoms with Crippen LogP contribution in [-0.4, -0.2) is 17.7 Å². The summed E-state index contributed by atoms with van der Waals surface area (Å²) < 4.78 is 23.7. The molecule has 0 atom stereocenters. The van der Waals surface area contributed by atoms with Crippen LogP contribution in [0, 0.1) is 12.7 Å². The normalized spacial score (nSPS) is 13.8. The molecule has 21 heavy (non-hydrogen) atoms. The summed E-state index contributed by atoms with van der Waals surface area (Å²) >= 11 is 0. The summed E-state index contributed by atoms with van der Waals surface area (Å²) in [5.74, 6) is 0.143. The Morgan fingerprint density at radius 3 is 3.14 bits per heavy atom. The molecule has 110 valence electrons. The number of rotatable bonds is 3. The number of benzene rings is 1. The summed E-state index contributed by atoms with van der Waals surface area (Å²) in [7, 11) is 0. The third-order valence-electron chi connectivity index (χ3n) is 3.48. The van der Waals surface area contributed by atoms with Gasteiger partial charge in [-0.3, -0.25) is 4.79 Å². The molecule has 0 bridgehead atoms. The number of nitrogens with one attached hydrogen (secondary N) is 1. The van der Waals surface area contributed by atoms with Crippen molar-refractivity contribution in [3.63, 3.8) is 0 Å². The van der Waals surface area contributed by atoms with Crippen LogP contribution in [0.15, 0.2) is 22.7 Å². The van der Waals surface area contributed by atoms with Crippen LogP contribution in [0.25, 0.3) is 0 Å². The highest BCUT2D eigenvalue weighted by Gasteiger charge is 2.24. The van der Waals surface area contributed by atoms with Gasteiger partial charge in [0.15, 0.2) is 5.69 Å². The van der Waals surface area contributed by atoms with Crippen LogP contribution in [0.5, 0.6) is 0 Å². The van der Waals surface area contributed by atoms with Crippen molar-refractivity contribution in [1.82, 2.24) is 10.5 Å². The minimum Gasteiger partial charge on any atom is -0.376 e. The summed E-state index contributed by atoms with van der Waals surface area (Å²) in [6, 6.07) is 4.74. The number of nitrogens with zero attached hydrogens (tertiary/aromatic N) is 1. The Kier molecular flexibility index (Phi) is 3.70. The molecule has 0 aliphatic carbocycles. The molecule has 1 N–H and O–H groups in total. The van der Waals surface area contributed by atoms with Gasteiger partial charge >= 0.3 is 0 Å². The second-order valence-corrected chi connectivity index (χ2v) is 5.00. The van der Waals surface area contributed by atoms with Crippen molar-refractivity contribution < 1.29 is 18.4 Å². The van der Waals surface area contributed by atoms with Crippen molar-refractivity contribution in [1.29, 1.82) is 0 Å². The van der Waals surface area contributed by atoms with Crippen molar-refractivity contribution in [3.8, 4) is 0 Å². The molecule has 2 heterocycles. The number of halogens is 1. The van der Waals surface area contributed by atoms with Crippen LogP contribution in [0.1, 0.15) is 32.9 Å². The fourth-order valence-corrected chi connectivity index (χ4v) is 2.29. The van der Waals surface area contributed by atoms with Gasteiger partial charge in [0, 0.05) is 13.0 Å². The van der Waals surface area contributed by atoms with Crippen molar-refractivity contribution >= 4 is 5.91 Å². The zero-order valence-electron chi connectivity index (χ0n) is 11.6. The third-order valence-corrected chi connectivity index (χ3v) is 3.48. The zero-order chi connectivity index (χ0) is 14.8.